The molecular formula is C17H25NO3S. The number of aryl methyl sites for hydroxylation is 1. The second-order valence-corrected chi connectivity index (χ2v) is 8.55. The molecule has 0 unspecified atom stereocenters. The van der Waals surface area contributed by atoms with Crippen molar-refractivity contribution in [1.29, 1.82) is 0 Å². The van der Waals surface area contributed by atoms with Crippen LogP contribution in [0.4, 0.5) is 0 Å². The van der Waals surface area contributed by atoms with E-state index < -0.39 is 10.0 Å². The number of rotatable bonds is 4. The minimum atomic E-state index is -3.08. The monoisotopic (exact) mass is 323 g/mol. The standard InChI is InChI=1S/C17H25NO3S/c1-2-3-14-22(19,20)18-12-10-17(11-13-18)9-8-15-6-4-5-7-16(15)21-17/h4-7H,2-3,8-14H2,1H3. The van der Waals surface area contributed by atoms with Gasteiger partial charge in [0.1, 0.15) is 11.4 Å². The molecule has 1 saturated heterocycles. The van der Waals surface area contributed by atoms with E-state index in [0.29, 0.717) is 13.1 Å². The molecule has 0 amide bonds. The maximum Gasteiger partial charge on any atom is 0.214 e. The Morgan fingerprint density at radius 2 is 1.91 bits per heavy atom. The van der Waals surface area contributed by atoms with Crippen LogP contribution in [0.1, 0.15) is 44.6 Å². The average Bonchev–Trinajstić information content (AvgIpc) is 2.53. The van der Waals surface area contributed by atoms with Crippen LogP contribution in [0.15, 0.2) is 24.3 Å². The van der Waals surface area contributed by atoms with E-state index in [-0.39, 0.29) is 11.4 Å². The van der Waals surface area contributed by atoms with E-state index >= 15 is 0 Å². The van der Waals surface area contributed by atoms with Crippen LogP contribution in [-0.4, -0.2) is 37.2 Å². The van der Waals surface area contributed by atoms with Crippen molar-refractivity contribution in [2.24, 2.45) is 0 Å². The molecule has 5 heteroatoms. The lowest BCUT2D eigenvalue weighted by Crippen LogP contribution is -2.51. The molecular weight excluding hydrogens is 298 g/mol. The lowest BCUT2D eigenvalue weighted by atomic mass is 9.84. The Morgan fingerprint density at radius 1 is 1.18 bits per heavy atom. The highest BCUT2D eigenvalue weighted by Crippen LogP contribution is 2.39. The number of para-hydroxylation sites is 1. The van der Waals surface area contributed by atoms with E-state index in [1.54, 1.807) is 4.31 Å². The van der Waals surface area contributed by atoms with Gasteiger partial charge >= 0.3 is 0 Å². The molecule has 0 saturated carbocycles. The molecule has 0 radical (unpaired) electrons. The van der Waals surface area contributed by atoms with Crippen LogP contribution in [0, 0.1) is 0 Å². The van der Waals surface area contributed by atoms with Gasteiger partial charge in [-0.15, -0.1) is 0 Å². The molecule has 2 aliphatic rings. The first-order chi connectivity index (χ1) is 10.5. The molecule has 122 valence electrons. The fourth-order valence-corrected chi connectivity index (χ4v) is 5.09. The molecule has 0 bridgehead atoms. The summed E-state index contributed by atoms with van der Waals surface area (Å²) in [5.41, 5.74) is 1.11. The number of fused-ring (bicyclic) bond motifs is 1. The van der Waals surface area contributed by atoms with Crippen molar-refractivity contribution < 1.29 is 13.2 Å². The summed E-state index contributed by atoms with van der Waals surface area (Å²) >= 11 is 0. The van der Waals surface area contributed by atoms with Crippen LogP contribution in [0.2, 0.25) is 0 Å². The van der Waals surface area contributed by atoms with Gasteiger partial charge in [0.15, 0.2) is 0 Å². The second-order valence-electron chi connectivity index (χ2n) is 6.46. The highest BCUT2D eigenvalue weighted by molar-refractivity contribution is 7.89. The van der Waals surface area contributed by atoms with Gasteiger partial charge in [0.05, 0.1) is 5.75 Å². The highest BCUT2D eigenvalue weighted by Gasteiger charge is 2.41. The summed E-state index contributed by atoms with van der Waals surface area (Å²) in [6, 6.07) is 8.19. The summed E-state index contributed by atoms with van der Waals surface area (Å²) in [7, 11) is -3.08. The molecule has 4 nitrogen and oxygen atoms in total. The Bertz CT molecular complexity index is 619. The molecule has 1 fully saturated rings. The molecule has 3 rings (SSSR count). The van der Waals surface area contributed by atoms with Crippen LogP contribution in [-0.2, 0) is 16.4 Å². The molecule has 0 aromatic heterocycles. The Balaban J connectivity index is 1.65. The number of hydrogen-bond acceptors (Lipinski definition) is 3. The summed E-state index contributed by atoms with van der Waals surface area (Å²) < 4.78 is 32.5. The molecule has 2 heterocycles. The molecule has 1 spiro atoms. The van der Waals surface area contributed by atoms with Crippen LogP contribution < -0.4 is 4.74 Å². The van der Waals surface area contributed by atoms with Crippen LogP contribution in [0.3, 0.4) is 0 Å². The van der Waals surface area contributed by atoms with Crippen molar-refractivity contribution in [1.82, 2.24) is 4.31 Å². The molecule has 1 aromatic rings. The van der Waals surface area contributed by atoms with Crippen LogP contribution in [0.25, 0.3) is 0 Å². The fourth-order valence-electron chi connectivity index (χ4n) is 3.44. The largest absolute Gasteiger partial charge is 0.487 e. The number of ether oxygens (including phenoxy) is 1. The highest BCUT2D eigenvalue weighted by atomic mass is 32.2. The van der Waals surface area contributed by atoms with E-state index in [9.17, 15) is 8.42 Å². The Morgan fingerprint density at radius 3 is 2.64 bits per heavy atom. The number of sulfonamides is 1. The number of piperidine rings is 1. The Labute approximate surface area is 133 Å². The van der Waals surface area contributed by atoms with Gasteiger partial charge < -0.3 is 4.74 Å². The predicted octanol–water partition coefficient (Wildman–Crippen LogP) is 2.98. The van der Waals surface area contributed by atoms with Gasteiger partial charge in [0.25, 0.3) is 0 Å². The molecule has 0 atom stereocenters. The van der Waals surface area contributed by atoms with Crippen LogP contribution >= 0.6 is 0 Å². The summed E-state index contributed by atoms with van der Waals surface area (Å²) in [5, 5.41) is 0. The van der Waals surface area contributed by atoms with Gasteiger partial charge in [-0.25, -0.2) is 12.7 Å². The second kappa shape index (κ2) is 6.20. The number of nitrogens with zero attached hydrogens (tertiary/aromatic N) is 1. The smallest absolute Gasteiger partial charge is 0.214 e. The first kappa shape index (κ1) is 15.8. The van der Waals surface area contributed by atoms with E-state index in [1.807, 2.05) is 25.1 Å². The molecule has 1 aromatic carbocycles. The Kier molecular flexibility index (Phi) is 4.46. The van der Waals surface area contributed by atoms with Gasteiger partial charge in [-0.3, -0.25) is 0 Å². The number of benzene rings is 1. The van der Waals surface area contributed by atoms with Crippen molar-refractivity contribution in [2.45, 2.75) is 51.0 Å². The molecule has 0 aliphatic carbocycles. The molecule has 0 N–H and O–H groups in total. The lowest BCUT2D eigenvalue weighted by molar-refractivity contribution is 0.00181. The van der Waals surface area contributed by atoms with Gasteiger partial charge in [-0.1, -0.05) is 31.5 Å². The third-order valence-electron chi connectivity index (χ3n) is 4.93. The Hall–Kier alpha value is -1.07. The third kappa shape index (κ3) is 3.15. The third-order valence-corrected chi connectivity index (χ3v) is 6.89. The number of hydrogen-bond donors (Lipinski definition) is 0. The topological polar surface area (TPSA) is 46.6 Å². The minimum Gasteiger partial charge on any atom is -0.487 e. The maximum atomic E-state index is 12.3. The zero-order valence-corrected chi connectivity index (χ0v) is 14.1. The van der Waals surface area contributed by atoms with Crippen molar-refractivity contribution in [2.75, 3.05) is 18.8 Å². The summed E-state index contributed by atoms with van der Waals surface area (Å²) in [4.78, 5) is 0. The van der Waals surface area contributed by atoms with E-state index in [1.165, 1.54) is 5.56 Å². The SMILES string of the molecule is CCCCS(=O)(=O)N1CCC2(CCc3ccccc3O2)CC1. The molecule has 22 heavy (non-hydrogen) atoms. The minimum absolute atomic E-state index is 0.162. The van der Waals surface area contributed by atoms with Crippen LogP contribution in [0.5, 0.6) is 5.75 Å². The van der Waals surface area contributed by atoms with E-state index in [0.717, 1.165) is 44.3 Å². The van der Waals surface area contributed by atoms with Gasteiger partial charge in [-0.05, 0) is 30.9 Å². The van der Waals surface area contributed by atoms with Gasteiger partial charge in [-0.2, -0.15) is 0 Å². The van der Waals surface area contributed by atoms with Crippen molar-refractivity contribution >= 4 is 10.0 Å². The maximum absolute atomic E-state index is 12.3. The van der Waals surface area contributed by atoms with E-state index in [2.05, 4.69) is 6.07 Å². The quantitative estimate of drug-likeness (QED) is 0.856. The average molecular weight is 323 g/mol. The van der Waals surface area contributed by atoms with Gasteiger partial charge in [0.2, 0.25) is 10.0 Å². The predicted molar refractivity (Wildman–Crippen MR) is 87.6 cm³/mol. The normalized spacial score (nSPS) is 21.3. The lowest BCUT2D eigenvalue weighted by Gasteiger charge is -2.44. The summed E-state index contributed by atoms with van der Waals surface area (Å²) in [6.07, 6.45) is 5.27. The summed E-state index contributed by atoms with van der Waals surface area (Å²) in [5.74, 6) is 1.26. The zero-order valence-electron chi connectivity index (χ0n) is 13.3. The first-order valence-corrected chi connectivity index (χ1v) is 9.90. The van der Waals surface area contributed by atoms with Crippen molar-refractivity contribution in [3.63, 3.8) is 0 Å². The summed E-state index contributed by atoms with van der Waals surface area (Å²) in [6.45, 7) is 3.20. The number of unbranched alkanes of at least 4 members (excludes halogenated alkanes) is 1. The fraction of sp³-hybridized carbons (Fsp3) is 0.647. The van der Waals surface area contributed by atoms with E-state index in [4.69, 9.17) is 4.74 Å². The van der Waals surface area contributed by atoms with Gasteiger partial charge in [0, 0.05) is 25.9 Å². The zero-order chi connectivity index (χ0) is 15.6. The van der Waals surface area contributed by atoms with Crippen molar-refractivity contribution in [3.05, 3.63) is 29.8 Å². The first-order valence-electron chi connectivity index (χ1n) is 8.29. The van der Waals surface area contributed by atoms with Crippen molar-refractivity contribution in [3.8, 4) is 5.75 Å². The molecule has 2 aliphatic heterocycles.